The Labute approximate surface area is 852 Å². The number of pyridine rings is 1. The summed E-state index contributed by atoms with van der Waals surface area (Å²) in [5.74, 6) is 1.36. The van der Waals surface area contributed by atoms with Crippen LogP contribution < -0.4 is 11.1 Å². The largest absolute Gasteiger partial charge is 0.448 e. The third kappa shape index (κ3) is 47.7. The minimum Gasteiger partial charge on any atom is -0.448 e. The smallest absolute Gasteiger partial charge is 0.410 e. The van der Waals surface area contributed by atoms with E-state index in [9.17, 15) is 43.2 Å². The lowest BCUT2D eigenvalue weighted by atomic mass is 9.80. The topological polar surface area (TPSA) is 230 Å². The molecule has 1 aromatic carbocycles. The number of hydrazone groups is 1. The number of amides is 8. The number of fused-ring (bicyclic) bond motifs is 2. The summed E-state index contributed by atoms with van der Waals surface area (Å²) in [6, 6.07) is 13.9. The van der Waals surface area contributed by atoms with Crippen molar-refractivity contribution in [1.82, 2.24) is 73.0 Å². The van der Waals surface area contributed by atoms with Gasteiger partial charge in [0.25, 0.3) is 17.0 Å². The summed E-state index contributed by atoms with van der Waals surface area (Å²) in [5.41, 5.74) is 8.19. The zero-order valence-electron chi connectivity index (χ0n) is 92.0. The SMILES string of the molecule is C.C.C.C.C.C.C.C.C.C=C1C=C(C(C)(C)C)N(C)N1C.CC.CC.CC.CC.CC.CC.CC(C)(C)N1CCCC1=O.CC(C)(C)N1CCOC1=O.CC(C)(C)N1Cc2ccccc2C1=O.CC(C)(C)N1N=CCC1=O.CN1CCC(=O)N1C(C)(C)C.CN1CCC(C(C)(C)C)C1=O.CN1CCN(C(C)(C)C)C1=O.Cc1c(C(C)(C)C)c(=O)n(C)n1C.Cn1c(=O)c(C(C)(C)C)c2ccccn21. The second kappa shape index (κ2) is 67.7. The molecule has 1 atom stereocenters. The third-order valence-corrected chi connectivity index (χ3v) is 21.3. The van der Waals surface area contributed by atoms with Crippen LogP contribution in [-0.4, -0.2) is 235 Å². The molecule has 5 fully saturated rings. The number of cyclic esters (lactones) is 1. The molecular weight excluding hydrogens is 1730 g/mol. The van der Waals surface area contributed by atoms with E-state index in [-0.39, 0.29) is 169 Å². The van der Waals surface area contributed by atoms with Crippen molar-refractivity contribution in [3.63, 3.8) is 0 Å². The van der Waals surface area contributed by atoms with Crippen molar-refractivity contribution in [3.05, 3.63) is 121 Å². The number of benzene rings is 1. The average molecular weight is 1960 g/mol. The predicted molar refractivity (Wildman–Crippen MR) is 604 cm³/mol. The number of carbonyl (C=O) groups excluding carboxylic acids is 7. The number of urea groups is 1. The van der Waals surface area contributed by atoms with Gasteiger partial charge in [-0.3, -0.25) is 67.4 Å². The Kier molecular flexibility index (Phi) is 77.2. The zero-order chi connectivity index (χ0) is 103. The normalized spacial score (nSPS) is 15.6. The van der Waals surface area contributed by atoms with Gasteiger partial charge in [0.15, 0.2) is 0 Å². The van der Waals surface area contributed by atoms with E-state index in [2.05, 4.69) is 180 Å². The Morgan fingerprint density at radius 2 is 0.855 bits per heavy atom. The Morgan fingerprint density at radius 3 is 1.09 bits per heavy atom. The van der Waals surface area contributed by atoms with Crippen molar-refractivity contribution < 1.29 is 38.3 Å². The maximum atomic E-state index is 12.1. The molecule has 0 N–H and O–H groups in total. The minimum absolute atomic E-state index is 0. The first-order chi connectivity index (χ1) is 58.9. The van der Waals surface area contributed by atoms with Gasteiger partial charge in [-0.1, -0.05) is 264 Å². The molecule has 138 heavy (non-hydrogen) atoms. The first-order valence-corrected chi connectivity index (χ1v) is 47.5. The lowest BCUT2D eigenvalue weighted by Crippen LogP contribution is -2.49. The number of likely N-dealkylation sites (tertiary alicyclic amines) is 2. The van der Waals surface area contributed by atoms with Gasteiger partial charge in [0.1, 0.15) is 6.61 Å². The van der Waals surface area contributed by atoms with Gasteiger partial charge >= 0.3 is 12.1 Å². The quantitative estimate of drug-likeness (QED) is 0.160. The molecular formula is C112H228N16O10. The number of carbonyl (C=O) groups is 7. The van der Waals surface area contributed by atoms with E-state index in [1.54, 1.807) is 39.5 Å². The standard InChI is InChI=1S/C12H16N2O.C12H15NO.C10H18N2O.C10H18N2.C9H17NO.2C8H16N2O.C8H15NO.C7H12N2O.C7H13NO2.6C2H6.9CH4/c1-12(2,3)10-9-7-5-6-8-14(9)13(4)11(10)15;1-12(2,3)13-8-9-6-4-5-7-10(9)11(13)14;1-7-8(10(2,3)4)9(13)12(6)11(7)5;1-8-7-9(10(2,3)4)12(6)11(8)5;1-9(2,3)7-5-6-10(4)8(7)11;1-8(2,3)10-6-5-9(4)7(10)11;1-8(2,3)10-7(11)5-6-9(10)4;1-8(2,3)9-6-4-5-7(9)10;1-7(2,3)9-6(10)4-5-8-9;1-7(2,3)8-4-5-10-6(8)9;6*1-2;;;;;;;;;/h5-8H,1-4H3;4-7H,8H2,1-3H3;1-6H3;7H,1H2,2-6H3;7H,5-6H2,1-4H3;2*5-6H2,1-4H3;4-6H2,1-3H3;5H,4H2,1-3H3;4-5H2,1-3H3;6*1-2H3;9*1H4. The van der Waals surface area contributed by atoms with Gasteiger partial charge in [0, 0.05) is 182 Å². The monoisotopic (exact) mass is 1960 g/mol. The van der Waals surface area contributed by atoms with Crippen LogP contribution in [0.15, 0.2) is 87.4 Å². The zero-order valence-corrected chi connectivity index (χ0v) is 92.0. The van der Waals surface area contributed by atoms with E-state index in [0.29, 0.717) is 31.3 Å². The molecule has 4 aromatic rings. The van der Waals surface area contributed by atoms with Crippen LogP contribution in [-0.2, 0) is 62.4 Å². The number of aryl methyl sites for hydroxylation is 1. The van der Waals surface area contributed by atoms with Gasteiger partial charge in [0.2, 0.25) is 23.6 Å². The molecule has 1 unspecified atom stereocenters. The maximum Gasteiger partial charge on any atom is 0.410 e. The van der Waals surface area contributed by atoms with Gasteiger partial charge in [-0.25, -0.2) is 24.3 Å². The van der Waals surface area contributed by atoms with Gasteiger partial charge < -0.3 is 29.2 Å². The fourth-order valence-corrected chi connectivity index (χ4v) is 14.6. The van der Waals surface area contributed by atoms with Crippen LogP contribution in [0.3, 0.4) is 0 Å². The van der Waals surface area contributed by atoms with E-state index >= 15 is 0 Å². The highest BCUT2D eigenvalue weighted by molar-refractivity contribution is 5.98. The van der Waals surface area contributed by atoms with Crippen LogP contribution in [0.5, 0.6) is 0 Å². The molecule has 8 aliphatic heterocycles. The summed E-state index contributed by atoms with van der Waals surface area (Å²) in [4.78, 5) is 114. The van der Waals surface area contributed by atoms with Crippen LogP contribution in [0.2, 0.25) is 0 Å². The highest BCUT2D eigenvalue weighted by atomic mass is 16.6. The summed E-state index contributed by atoms with van der Waals surface area (Å²) in [6.07, 6.45) is 9.43. The summed E-state index contributed by atoms with van der Waals surface area (Å²) >= 11 is 0. The number of rotatable bonds is 0. The fraction of sp³-hybridized carbons (Fsp3) is 0.750. The van der Waals surface area contributed by atoms with Crippen molar-refractivity contribution in [2.45, 2.75) is 447 Å². The van der Waals surface area contributed by atoms with Gasteiger partial charge in [-0.05, 0) is 190 Å². The van der Waals surface area contributed by atoms with Crippen molar-refractivity contribution in [3.8, 4) is 0 Å². The van der Waals surface area contributed by atoms with Gasteiger partial charge in [-0.2, -0.15) is 5.10 Å². The van der Waals surface area contributed by atoms with Crippen LogP contribution in [0.4, 0.5) is 9.59 Å². The van der Waals surface area contributed by atoms with Crippen LogP contribution in [0, 0.1) is 23.7 Å². The number of allylic oxidation sites excluding steroid dienone is 2. The van der Waals surface area contributed by atoms with Gasteiger partial charge in [0.05, 0.1) is 35.3 Å². The van der Waals surface area contributed by atoms with Crippen LogP contribution in [0.25, 0.3) is 5.52 Å². The Balaban J connectivity index is -0.000000112. The van der Waals surface area contributed by atoms with Crippen molar-refractivity contribution in [2.24, 2.45) is 43.0 Å². The molecule has 8 amide bonds. The van der Waals surface area contributed by atoms with E-state index < -0.39 is 0 Å². The van der Waals surface area contributed by atoms with Crippen LogP contribution >= 0.6 is 0 Å². The highest BCUT2D eigenvalue weighted by Crippen LogP contribution is 2.36. The third-order valence-electron chi connectivity index (χ3n) is 21.3. The number of hydrogen-bond acceptors (Lipinski definition) is 14. The lowest BCUT2D eigenvalue weighted by molar-refractivity contribution is -0.145. The first kappa shape index (κ1) is 157. The molecule has 11 heterocycles. The molecule has 26 heteroatoms. The molecule has 12 rings (SSSR count). The molecule has 0 radical (unpaired) electrons. The number of nitrogens with zero attached hydrogens (tertiary/aromatic N) is 16. The van der Waals surface area contributed by atoms with E-state index in [0.717, 1.165) is 104 Å². The van der Waals surface area contributed by atoms with E-state index in [4.69, 9.17) is 4.74 Å². The summed E-state index contributed by atoms with van der Waals surface area (Å²) in [6.45, 7) is 98.5. The molecule has 8 aliphatic rings. The number of hydrogen-bond donors (Lipinski definition) is 0. The van der Waals surface area contributed by atoms with Gasteiger partial charge in [-0.15, -0.1) is 0 Å². The predicted octanol–water partition coefficient (Wildman–Crippen LogP) is 27.0. The Bertz CT molecular complexity index is 4200. The summed E-state index contributed by atoms with van der Waals surface area (Å²) < 4.78 is 11.9. The minimum atomic E-state index is -0.187. The molecule has 26 nitrogen and oxygen atoms in total. The van der Waals surface area contributed by atoms with Crippen molar-refractivity contribution >= 4 is 53.4 Å². The van der Waals surface area contributed by atoms with Crippen LogP contribution in [0.1, 0.15) is 422 Å². The second-order valence-corrected chi connectivity index (χ2v) is 41.6. The lowest BCUT2D eigenvalue weighted by Gasteiger charge is -2.36. The Hall–Kier alpha value is -8.68. The highest BCUT2D eigenvalue weighted by Gasteiger charge is 2.40. The summed E-state index contributed by atoms with van der Waals surface area (Å²) in [7, 11) is 15.3. The van der Waals surface area contributed by atoms with E-state index in [1.165, 1.54) is 10.7 Å². The molecule has 0 bridgehead atoms. The fourth-order valence-electron chi connectivity index (χ4n) is 14.6. The molecule has 0 saturated carbocycles. The second-order valence-electron chi connectivity index (χ2n) is 41.6. The molecule has 0 aliphatic carbocycles. The maximum absolute atomic E-state index is 12.1. The summed E-state index contributed by atoms with van der Waals surface area (Å²) in [5, 5.41) is 13.5. The van der Waals surface area contributed by atoms with E-state index in [1.807, 2.05) is 275 Å². The number of hydrazine groups is 2. The number of ether oxygens (including phenoxy) is 1. The molecule has 3 aromatic heterocycles. The molecule has 0 spiro atoms. The van der Waals surface area contributed by atoms with Crippen molar-refractivity contribution in [1.29, 1.82) is 0 Å². The van der Waals surface area contributed by atoms with Crippen molar-refractivity contribution in [2.75, 3.05) is 81.1 Å². The number of aromatic nitrogens is 4. The number of likely N-dealkylation sites (N-methyl/N-ethyl adjacent to an activating group) is 2. The molecule has 816 valence electrons. The first-order valence-electron chi connectivity index (χ1n) is 47.5. The Morgan fingerprint density at radius 1 is 0.413 bits per heavy atom. The molecule has 5 saturated heterocycles. The average Bonchev–Trinajstić information content (AvgIpc) is 1.60.